The van der Waals surface area contributed by atoms with Crippen molar-refractivity contribution in [2.24, 2.45) is 0 Å². The Morgan fingerprint density at radius 2 is 0.620 bits per heavy atom. The minimum Gasteiger partial charge on any atom is -0.753 e. The van der Waals surface area contributed by atoms with Gasteiger partial charge in [0.2, 0.25) is 0 Å². The van der Waals surface area contributed by atoms with Gasteiger partial charge in [-0.2, -0.15) is 10.3 Å². The van der Waals surface area contributed by atoms with Gasteiger partial charge in [0.05, 0.1) is 28.3 Å². The number of hydrogen-bond acceptors (Lipinski definition) is 9. The van der Waals surface area contributed by atoms with E-state index >= 15 is 0 Å². The van der Waals surface area contributed by atoms with Crippen LogP contribution in [-0.4, -0.2) is 41.3 Å². The van der Waals surface area contributed by atoms with E-state index in [-0.39, 0.29) is 46.7 Å². The molecule has 0 unspecified atom stereocenters. The second kappa shape index (κ2) is 32.4. The van der Waals surface area contributed by atoms with Crippen molar-refractivity contribution < 1.29 is 29.4 Å². The topological polar surface area (TPSA) is 140 Å². The van der Waals surface area contributed by atoms with E-state index < -0.39 is 5.97 Å². The molecule has 10 rings (SSSR count). The molecule has 92 heavy (non-hydrogen) atoms. The van der Waals surface area contributed by atoms with Crippen LogP contribution in [0.25, 0.3) is 33.6 Å². The first-order valence-electron chi connectivity index (χ1n) is 29.6. The van der Waals surface area contributed by atoms with Crippen LogP contribution < -0.4 is 9.80 Å². The monoisotopic (exact) mass is 1330 g/mol. The summed E-state index contributed by atoms with van der Waals surface area (Å²) < 4.78 is 0. The third-order valence-electron chi connectivity index (χ3n) is 14.6. The van der Waals surface area contributed by atoms with Gasteiger partial charge < -0.3 is 25.7 Å². The number of pyridine rings is 4. The van der Waals surface area contributed by atoms with Gasteiger partial charge in [-0.1, -0.05) is 186 Å². The number of anilines is 6. The zero-order chi connectivity index (χ0) is 65.9. The third kappa shape index (κ3) is 20.2. The normalized spacial score (nSPS) is 10.7. The van der Waals surface area contributed by atoms with Crippen molar-refractivity contribution in [2.45, 2.75) is 105 Å². The van der Waals surface area contributed by atoms with Crippen molar-refractivity contribution in [1.29, 1.82) is 0 Å². The molecule has 1 N–H and O–H groups in total. The standard InChI is InChI=1S/C66H66N4.C11H8N2O2.2CNS.Ru/c1-63(2,3)51-21-33-57(34-22-51)69(58-35-23-52(24-36-58)64(4,5)6)55-29-17-47(18-30-55)13-15-49-41-43-67-61(45-49)62-46-50(42-44-68-62)16-14-48-19-31-56(32-20-48)70(59-37-25-53(26-38-59)65(7,8)9)60-39-27-54(28-40-60)66(10,11)12;14-11(15)8-4-6-13-10(7-8)9-3-1-2-5-12-9;2*2-1-3;/h17-46H,1-12H3;1-7H,(H,14,15);;;/q;;2*-1;+2. The largest absolute Gasteiger partial charge is 2.00 e. The Bertz CT molecular complexity index is 3920. The molecule has 0 fully saturated rings. The van der Waals surface area contributed by atoms with Gasteiger partial charge in [-0.15, -0.1) is 0 Å². The van der Waals surface area contributed by atoms with Crippen LogP contribution in [0.5, 0.6) is 0 Å². The molecule has 0 spiro atoms. The number of aromatic carboxylic acids is 1. The predicted molar refractivity (Wildman–Crippen MR) is 383 cm³/mol. The van der Waals surface area contributed by atoms with Crippen molar-refractivity contribution in [1.82, 2.24) is 19.9 Å². The fourth-order valence-corrected chi connectivity index (χ4v) is 9.53. The van der Waals surface area contributed by atoms with Crippen LogP contribution in [-0.2, 0) is 41.1 Å². The van der Waals surface area contributed by atoms with Crippen LogP contribution in [0.4, 0.5) is 34.1 Å². The van der Waals surface area contributed by atoms with Gasteiger partial charge in [0, 0.05) is 81.2 Å². The molecule has 10 aromatic rings. The predicted octanol–water partition coefficient (Wildman–Crippen LogP) is 20.2. The number of hydrogen-bond donors (Lipinski definition) is 1. The molecule has 13 heteroatoms. The van der Waals surface area contributed by atoms with Crippen molar-refractivity contribution in [3.8, 4) is 46.5 Å². The first-order chi connectivity index (χ1) is 43.3. The number of benzene rings is 6. The molecule has 0 aliphatic rings. The molecular formula is C79H74N8O2RuS2. The molecule has 0 aliphatic carbocycles. The zero-order valence-electron chi connectivity index (χ0n) is 54.0. The Kier molecular flexibility index (Phi) is 25.1. The Balaban J connectivity index is 0.000000520. The van der Waals surface area contributed by atoms with Gasteiger partial charge in [-0.05, 0) is 190 Å². The van der Waals surface area contributed by atoms with E-state index in [0.717, 1.165) is 67.8 Å². The minimum absolute atomic E-state index is 0. The first kappa shape index (κ1) is 71.4. The van der Waals surface area contributed by atoms with Gasteiger partial charge in [-0.3, -0.25) is 19.9 Å². The van der Waals surface area contributed by atoms with Crippen LogP contribution >= 0.6 is 24.4 Å². The SMILES string of the molecule is CC(C)(C)c1ccc(N(c2ccc(C#Cc3ccnc(-c4cc(C#Cc5ccc(N(c6ccc(C(C)(C)C)cc6)c6ccc(C(C)(C)C)cc6)cc5)ccn4)c3)cc2)c2ccc(C(C)(C)C)cc2)cc1.O=C(O)c1ccnc(-c2ccccn2)c1.[N-]=C=S.[N-]=C=S.[Ru+2]. The number of carboxylic acids is 1. The maximum absolute atomic E-state index is 10.7. The number of thiocarbonyl (C=S) groups is 2. The molecule has 4 aromatic heterocycles. The Hall–Kier alpha value is -9.67. The Morgan fingerprint density at radius 3 is 0.891 bits per heavy atom. The quantitative estimate of drug-likeness (QED) is 0.0643. The number of isothiocyanates is 2. The Labute approximate surface area is 567 Å². The maximum atomic E-state index is 10.7. The molecule has 4 heterocycles. The molecule has 462 valence electrons. The van der Waals surface area contributed by atoms with Gasteiger partial charge >= 0.3 is 25.4 Å². The molecular weight excluding hydrogens is 1260 g/mol. The summed E-state index contributed by atoms with van der Waals surface area (Å²) in [6, 6.07) is 68.9. The minimum atomic E-state index is -0.963. The van der Waals surface area contributed by atoms with Crippen LogP contribution in [0.2, 0.25) is 0 Å². The number of aromatic nitrogens is 4. The number of rotatable bonds is 9. The summed E-state index contributed by atoms with van der Waals surface area (Å²) in [6.45, 7) is 27.0. The number of nitrogens with zero attached hydrogens (tertiary/aromatic N) is 8. The van der Waals surface area contributed by atoms with Crippen molar-refractivity contribution >= 4 is 74.9 Å². The van der Waals surface area contributed by atoms with Crippen molar-refractivity contribution in [2.75, 3.05) is 9.80 Å². The van der Waals surface area contributed by atoms with Gasteiger partial charge in [0.25, 0.3) is 0 Å². The second-order valence-electron chi connectivity index (χ2n) is 25.4. The third-order valence-corrected chi connectivity index (χ3v) is 14.6. The summed E-state index contributed by atoms with van der Waals surface area (Å²) in [6.07, 6.45) is 6.69. The van der Waals surface area contributed by atoms with Crippen molar-refractivity contribution in [3.63, 3.8) is 0 Å². The van der Waals surface area contributed by atoms with Crippen molar-refractivity contribution in [3.05, 3.63) is 286 Å². The van der Waals surface area contributed by atoms with Gasteiger partial charge in [-0.25, -0.2) is 4.79 Å². The molecule has 6 aromatic carbocycles. The van der Waals surface area contributed by atoms with Gasteiger partial charge in [0.1, 0.15) is 0 Å². The zero-order valence-corrected chi connectivity index (χ0v) is 57.3. The summed E-state index contributed by atoms with van der Waals surface area (Å²) in [4.78, 5) is 32.9. The molecule has 0 saturated carbocycles. The van der Waals surface area contributed by atoms with E-state index in [1.54, 1.807) is 30.7 Å². The number of carboxylic acid groups (broad SMARTS) is 1. The maximum Gasteiger partial charge on any atom is 2.00 e. The summed E-state index contributed by atoms with van der Waals surface area (Å²) in [7, 11) is 0. The first-order valence-corrected chi connectivity index (χ1v) is 30.4. The van der Waals surface area contributed by atoms with E-state index in [4.69, 9.17) is 15.9 Å². The average Bonchev–Trinajstić information content (AvgIpc) is 0.918. The van der Waals surface area contributed by atoms with Crippen LogP contribution in [0, 0.1) is 23.7 Å². The smallest absolute Gasteiger partial charge is 0.753 e. The molecule has 10 nitrogen and oxygen atoms in total. The van der Waals surface area contributed by atoms with E-state index in [0.29, 0.717) is 11.4 Å². The molecule has 0 amide bonds. The molecule has 0 saturated heterocycles. The summed E-state index contributed by atoms with van der Waals surface area (Å²) >= 11 is 7.40. The fourth-order valence-electron chi connectivity index (χ4n) is 9.53. The average molecular weight is 1330 g/mol. The molecule has 0 aliphatic heterocycles. The second-order valence-corrected chi connectivity index (χ2v) is 25.8. The molecule has 0 atom stereocenters. The summed E-state index contributed by atoms with van der Waals surface area (Å²) in [5.74, 6) is 12.6. The summed E-state index contributed by atoms with van der Waals surface area (Å²) in [5, 5.41) is 25.7. The summed E-state index contributed by atoms with van der Waals surface area (Å²) in [5.41, 5.74) is 18.6. The van der Waals surface area contributed by atoms with Crippen LogP contribution in [0.1, 0.15) is 138 Å². The van der Waals surface area contributed by atoms with Crippen LogP contribution in [0.3, 0.4) is 0 Å². The van der Waals surface area contributed by atoms with E-state index in [1.165, 1.54) is 50.9 Å². The van der Waals surface area contributed by atoms with E-state index in [9.17, 15) is 4.79 Å². The Morgan fingerprint density at radius 1 is 0.359 bits per heavy atom. The van der Waals surface area contributed by atoms with Gasteiger partial charge in [0.15, 0.2) is 0 Å². The fraction of sp³-hybridized carbons (Fsp3) is 0.203. The number of carbonyl (C=O) groups is 1. The van der Waals surface area contributed by atoms with Crippen LogP contribution in [0.15, 0.2) is 225 Å². The van der Waals surface area contributed by atoms with E-state index in [2.05, 4.69) is 307 Å². The molecule has 0 radical (unpaired) electrons. The molecule has 0 bridgehead atoms. The van der Waals surface area contributed by atoms with E-state index in [1.807, 2.05) is 30.3 Å².